The van der Waals surface area contributed by atoms with Gasteiger partial charge in [-0.05, 0) is 44.9 Å². The molecule has 2 unspecified atom stereocenters. The summed E-state index contributed by atoms with van der Waals surface area (Å²) >= 11 is 0. The molecule has 0 bridgehead atoms. The van der Waals surface area contributed by atoms with Gasteiger partial charge in [-0.1, -0.05) is 23.8 Å². The minimum atomic E-state index is -0.0251. The van der Waals surface area contributed by atoms with Gasteiger partial charge in [-0.25, -0.2) is 0 Å². The minimum absolute atomic E-state index is 0. The van der Waals surface area contributed by atoms with Gasteiger partial charge >= 0.3 is 0 Å². The highest BCUT2D eigenvalue weighted by Gasteiger charge is 2.30. The fourth-order valence-corrected chi connectivity index (χ4v) is 2.80. The van der Waals surface area contributed by atoms with Crippen LogP contribution < -0.4 is 5.73 Å². The van der Waals surface area contributed by atoms with Crippen molar-refractivity contribution in [2.45, 2.75) is 45.8 Å². The first kappa shape index (κ1) is 18.9. The van der Waals surface area contributed by atoms with Gasteiger partial charge in [0.2, 0.25) is 5.91 Å². The van der Waals surface area contributed by atoms with Gasteiger partial charge in [0.1, 0.15) is 6.10 Å². The number of aryl methyl sites for hydroxylation is 2. The molecular formula is C17H27ClN2O2. The first-order valence-electron chi connectivity index (χ1n) is 7.71. The molecule has 0 aromatic heterocycles. The molecule has 0 spiro atoms. The molecule has 1 aliphatic rings. The Bertz CT molecular complexity index is 507. The molecule has 124 valence electrons. The van der Waals surface area contributed by atoms with E-state index < -0.39 is 0 Å². The Hall–Kier alpha value is -1.10. The second kappa shape index (κ2) is 8.51. The Morgan fingerprint density at radius 2 is 2.14 bits per heavy atom. The third-order valence-electron chi connectivity index (χ3n) is 4.13. The summed E-state index contributed by atoms with van der Waals surface area (Å²) in [6.45, 7) is 8.00. The van der Waals surface area contributed by atoms with E-state index in [2.05, 4.69) is 32.0 Å². The Balaban J connectivity index is 0.00000242. The summed E-state index contributed by atoms with van der Waals surface area (Å²) in [6.07, 6.45) is 1.25. The predicted octanol–water partition coefficient (Wildman–Crippen LogP) is 2.75. The fourth-order valence-electron chi connectivity index (χ4n) is 2.80. The van der Waals surface area contributed by atoms with Gasteiger partial charge in [-0.3, -0.25) is 4.79 Å². The van der Waals surface area contributed by atoms with Crippen LogP contribution in [0.2, 0.25) is 0 Å². The molecule has 2 rings (SSSR count). The highest BCUT2D eigenvalue weighted by Crippen LogP contribution is 2.28. The molecule has 2 atom stereocenters. The van der Waals surface area contributed by atoms with E-state index >= 15 is 0 Å². The van der Waals surface area contributed by atoms with Gasteiger partial charge < -0.3 is 15.4 Å². The third kappa shape index (κ3) is 4.45. The molecule has 1 saturated heterocycles. The van der Waals surface area contributed by atoms with Crippen molar-refractivity contribution in [1.82, 2.24) is 4.90 Å². The van der Waals surface area contributed by atoms with Crippen LogP contribution in [0.15, 0.2) is 18.2 Å². The summed E-state index contributed by atoms with van der Waals surface area (Å²) in [5, 5.41) is 0. The molecule has 1 aliphatic heterocycles. The highest BCUT2D eigenvalue weighted by atomic mass is 35.5. The number of ether oxygens (including phenoxy) is 1. The van der Waals surface area contributed by atoms with Crippen molar-refractivity contribution < 1.29 is 9.53 Å². The first-order valence-corrected chi connectivity index (χ1v) is 7.71. The van der Waals surface area contributed by atoms with E-state index in [0.717, 1.165) is 6.42 Å². The largest absolute Gasteiger partial charge is 0.370 e. The molecule has 1 heterocycles. The molecule has 0 radical (unpaired) electrons. The average molecular weight is 327 g/mol. The minimum Gasteiger partial charge on any atom is -0.370 e. The van der Waals surface area contributed by atoms with Crippen LogP contribution in [0.1, 0.15) is 42.6 Å². The number of carbonyl (C=O) groups is 1. The number of nitrogens with two attached hydrogens (primary N) is 1. The number of morpholine rings is 1. The van der Waals surface area contributed by atoms with Crippen LogP contribution in [0.5, 0.6) is 0 Å². The Kier molecular flexibility index (Phi) is 7.33. The predicted molar refractivity (Wildman–Crippen MR) is 91.3 cm³/mol. The lowest BCUT2D eigenvalue weighted by atomic mass is 9.98. The summed E-state index contributed by atoms with van der Waals surface area (Å²) in [7, 11) is 0. The number of carbonyl (C=O) groups excluding carboxylic acids is 1. The zero-order valence-corrected chi connectivity index (χ0v) is 14.5. The van der Waals surface area contributed by atoms with Crippen molar-refractivity contribution in [2.75, 3.05) is 19.7 Å². The van der Waals surface area contributed by atoms with Crippen LogP contribution in [0.25, 0.3) is 0 Å². The van der Waals surface area contributed by atoms with Crippen LogP contribution in [0.4, 0.5) is 0 Å². The molecule has 2 N–H and O–H groups in total. The molecule has 1 aromatic rings. The zero-order valence-electron chi connectivity index (χ0n) is 13.7. The van der Waals surface area contributed by atoms with Crippen LogP contribution >= 0.6 is 12.4 Å². The Morgan fingerprint density at radius 1 is 1.41 bits per heavy atom. The van der Waals surface area contributed by atoms with E-state index in [0.29, 0.717) is 26.1 Å². The summed E-state index contributed by atoms with van der Waals surface area (Å²) < 4.78 is 5.98. The van der Waals surface area contributed by atoms with Crippen molar-refractivity contribution in [1.29, 1.82) is 0 Å². The lowest BCUT2D eigenvalue weighted by Crippen LogP contribution is -2.48. The monoisotopic (exact) mass is 326 g/mol. The molecule has 4 nitrogen and oxygen atoms in total. The molecule has 22 heavy (non-hydrogen) atoms. The van der Waals surface area contributed by atoms with Gasteiger partial charge in [0.15, 0.2) is 0 Å². The number of hydrogen-bond acceptors (Lipinski definition) is 3. The molecule has 0 saturated carbocycles. The zero-order chi connectivity index (χ0) is 15.4. The van der Waals surface area contributed by atoms with Gasteiger partial charge in [0.05, 0.1) is 19.2 Å². The van der Waals surface area contributed by atoms with Crippen LogP contribution in [0.3, 0.4) is 0 Å². The maximum atomic E-state index is 12.3. The maximum absolute atomic E-state index is 12.3. The van der Waals surface area contributed by atoms with Crippen molar-refractivity contribution in [3.8, 4) is 0 Å². The lowest BCUT2D eigenvalue weighted by Gasteiger charge is -2.39. The van der Waals surface area contributed by atoms with Gasteiger partial charge in [-0.15, -0.1) is 12.4 Å². The SMILES string of the molecule is Cc1ccc(C)c(C2CN(C(=O)CCCN)C(C)CO2)c1.Cl. The van der Waals surface area contributed by atoms with Crippen molar-refractivity contribution >= 4 is 18.3 Å². The van der Waals surface area contributed by atoms with E-state index in [1.807, 2.05) is 11.8 Å². The number of hydrogen-bond donors (Lipinski definition) is 1. The summed E-state index contributed by atoms with van der Waals surface area (Å²) in [4.78, 5) is 14.3. The Labute approximate surface area is 139 Å². The van der Waals surface area contributed by atoms with E-state index in [1.165, 1.54) is 16.7 Å². The first-order chi connectivity index (χ1) is 10.0. The topological polar surface area (TPSA) is 55.6 Å². The molecule has 5 heteroatoms. The number of rotatable bonds is 4. The van der Waals surface area contributed by atoms with E-state index in [1.54, 1.807) is 0 Å². The molecular weight excluding hydrogens is 300 g/mol. The second-order valence-corrected chi connectivity index (χ2v) is 5.97. The normalized spacial score (nSPS) is 21.4. The maximum Gasteiger partial charge on any atom is 0.223 e. The molecule has 0 aliphatic carbocycles. The standard InChI is InChI=1S/C17H26N2O2.ClH/c1-12-6-7-13(2)15(9-12)16-10-19(14(3)11-21-16)17(20)5-4-8-18;/h6-7,9,14,16H,4-5,8,10-11,18H2,1-3H3;1H. The van der Waals surface area contributed by atoms with Crippen molar-refractivity contribution in [3.05, 3.63) is 34.9 Å². The number of nitrogens with zero attached hydrogens (tertiary/aromatic N) is 1. The summed E-state index contributed by atoms with van der Waals surface area (Å²) in [5.41, 5.74) is 9.13. The molecule has 1 amide bonds. The van der Waals surface area contributed by atoms with Crippen molar-refractivity contribution in [2.24, 2.45) is 5.73 Å². The van der Waals surface area contributed by atoms with E-state index in [-0.39, 0.29) is 30.5 Å². The highest BCUT2D eigenvalue weighted by molar-refractivity contribution is 5.85. The molecule has 1 fully saturated rings. The third-order valence-corrected chi connectivity index (χ3v) is 4.13. The van der Waals surface area contributed by atoms with Gasteiger partial charge in [0, 0.05) is 6.42 Å². The van der Waals surface area contributed by atoms with Crippen LogP contribution in [0, 0.1) is 13.8 Å². The lowest BCUT2D eigenvalue weighted by molar-refractivity contribution is -0.144. The fraction of sp³-hybridized carbons (Fsp3) is 0.588. The van der Waals surface area contributed by atoms with Crippen LogP contribution in [-0.2, 0) is 9.53 Å². The summed E-state index contributed by atoms with van der Waals surface area (Å²) in [6, 6.07) is 6.52. The Morgan fingerprint density at radius 3 is 2.82 bits per heavy atom. The smallest absolute Gasteiger partial charge is 0.223 e. The van der Waals surface area contributed by atoms with E-state index in [9.17, 15) is 4.79 Å². The second-order valence-electron chi connectivity index (χ2n) is 5.97. The quantitative estimate of drug-likeness (QED) is 0.925. The number of amides is 1. The number of benzene rings is 1. The van der Waals surface area contributed by atoms with E-state index in [4.69, 9.17) is 10.5 Å². The summed E-state index contributed by atoms with van der Waals surface area (Å²) in [5.74, 6) is 0.187. The van der Waals surface area contributed by atoms with Crippen LogP contribution in [-0.4, -0.2) is 36.5 Å². The average Bonchev–Trinajstić information content (AvgIpc) is 2.48. The number of halogens is 1. The molecule has 1 aromatic carbocycles. The van der Waals surface area contributed by atoms with Crippen molar-refractivity contribution in [3.63, 3.8) is 0 Å². The van der Waals surface area contributed by atoms with Gasteiger partial charge in [0.25, 0.3) is 0 Å². The van der Waals surface area contributed by atoms with Gasteiger partial charge in [-0.2, -0.15) is 0 Å².